The van der Waals surface area contributed by atoms with E-state index in [0.717, 1.165) is 16.7 Å². The van der Waals surface area contributed by atoms with Crippen LogP contribution < -0.4 is 5.76 Å². The molecule has 1 aromatic heterocycles. The first-order valence-corrected chi connectivity index (χ1v) is 5.76. The van der Waals surface area contributed by atoms with E-state index in [1.54, 1.807) is 6.92 Å². The van der Waals surface area contributed by atoms with Crippen LogP contribution in [0, 0.1) is 5.82 Å². The molecule has 98 valence electrons. The second-order valence-electron chi connectivity index (χ2n) is 3.71. The van der Waals surface area contributed by atoms with Crippen LogP contribution in [0.3, 0.4) is 0 Å². The normalized spacial score (nSPS) is 11.6. The van der Waals surface area contributed by atoms with Gasteiger partial charge in [0.15, 0.2) is 0 Å². The molecule has 0 spiro atoms. The molecule has 1 aromatic carbocycles. The number of ketones is 1. The van der Waals surface area contributed by atoms with Crippen LogP contribution in [0.5, 0.6) is 0 Å². The Bertz CT molecular complexity index is 701. The fourth-order valence-electron chi connectivity index (χ4n) is 1.49. The Labute approximate surface area is 112 Å². The van der Waals surface area contributed by atoms with Crippen molar-refractivity contribution in [2.45, 2.75) is 6.92 Å². The topological polar surface area (TPSA) is 65.1 Å². The van der Waals surface area contributed by atoms with Crippen molar-refractivity contribution in [1.82, 2.24) is 9.72 Å². The molecule has 0 N–H and O–H groups in total. The number of carbonyl (C=O) groups is 1. The third-order valence-electron chi connectivity index (χ3n) is 2.45. The van der Waals surface area contributed by atoms with Crippen LogP contribution in [-0.2, 0) is 0 Å². The lowest BCUT2D eigenvalue weighted by Crippen LogP contribution is -2.18. The van der Waals surface area contributed by atoms with E-state index in [2.05, 4.69) is 22.3 Å². The van der Waals surface area contributed by atoms with Crippen molar-refractivity contribution < 1.29 is 13.7 Å². The van der Waals surface area contributed by atoms with Crippen molar-refractivity contribution in [1.29, 1.82) is 0 Å². The van der Waals surface area contributed by atoms with Crippen LogP contribution in [0.25, 0.3) is 5.70 Å². The number of carbonyl (C=O) groups excluding carboxylic acids is 1. The molecule has 0 bridgehead atoms. The average Bonchev–Trinajstić information content (AvgIpc) is 2.80. The molecule has 0 unspecified atom stereocenters. The second-order valence-corrected chi connectivity index (χ2v) is 3.97. The summed E-state index contributed by atoms with van der Waals surface area (Å²) in [6.45, 7) is 1.58. The summed E-state index contributed by atoms with van der Waals surface area (Å²) in [7, 11) is 0. The zero-order chi connectivity index (χ0) is 14.0. The molecule has 0 atom stereocenters. The molecule has 0 aliphatic carbocycles. The van der Waals surface area contributed by atoms with Gasteiger partial charge in [-0.05, 0) is 36.6 Å². The van der Waals surface area contributed by atoms with Crippen LogP contribution in [-0.4, -0.2) is 15.5 Å². The molecule has 0 saturated heterocycles. The number of benzene rings is 1. The highest BCUT2D eigenvalue weighted by molar-refractivity contribution is 7.83. The Hall–Kier alpha value is -2.15. The van der Waals surface area contributed by atoms with Gasteiger partial charge in [0.2, 0.25) is 11.6 Å². The summed E-state index contributed by atoms with van der Waals surface area (Å²) >= 11 is 3.91. The maximum absolute atomic E-state index is 12.8. The van der Waals surface area contributed by atoms with Crippen LogP contribution >= 0.6 is 12.6 Å². The van der Waals surface area contributed by atoms with Crippen LogP contribution in [0.1, 0.15) is 23.1 Å². The monoisotopic (exact) mass is 280 g/mol. The zero-order valence-electron chi connectivity index (χ0n) is 9.83. The predicted octanol–water partition coefficient (Wildman–Crippen LogP) is 1.95. The van der Waals surface area contributed by atoms with Crippen molar-refractivity contribution >= 4 is 24.1 Å². The highest BCUT2D eigenvalue weighted by atomic mass is 32.1. The molecule has 0 aliphatic heterocycles. The standard InChI is InChI=1S/C12H9FN2O3S/c1-7(6-19)15-11(14-18-12(15)17)10(16)8-2-4-9(13)5-3-8/h2-6,19H,1H3/b7-6-. The second kappa shape index (κ2) is 5.23. The van der Waals surface area contributed by atoms with Gasteiger partial charge in [-0.2, -0.15) is 0 Å². The fraction of sp³-hybridized carbons (Fsp3) is 0.0833. The minimum absolute atomic E-state index is 0.181. The SMILES string of the molecule is C/C(=C/S)n1c(C(=O)c2ccc(F)cc2)noc1=O. The fourth-order valence-corrected chi connectivity index (χ4v) is 1.61. The van der Waals surface area contributed by atoms with E-state index in [4.69, 9.17) is 0 Å². The number of thiol groups is 1. The van der Waals surface area contributed by atoms with Gasteiger partial charge in [-0.1, -0.05) is 5.16 Å². The summed E-state index contributed by atoms with van der Waals surface area (Å²) in [5.41, 5.74) is 0.593. The van der Waals surface area contributed by atoms with Crippen molar-refractivity contribution in [3.8, 4) is 0 Å². The Morgan fingerprint density at radius 2 is 2.05 bits per heavy atom. The van der Waals surface area contributed by atoms with Gasteiger partial charge in [0.25, 0.3) is 0 Å². The number of hydrogen-bond acceptors (Lipinski definition) is 5. The molecule has 2 rings (SSSR count). The molecule has 0 amide bonds. The Morgan fingerprint density at radius 1 is 1.42 bits per heavy atom. The van der Waals surface area contributed by atoms with E-state index in [0.29, 0.717) is 5.70 Å². The third-order valence-corrected chi connectivity index (χ3v) is 2.83. The smallest absolute Gasteiger partial charge is 0.295 e. The van der Waals surface area contributed by atoms with Gasteiger partial charge >= 0.3 is 5.76 Å². The number of rotatable bonds is 3. The summed E-state index contributed by atoms with van der Waals surface area (Å²) in [5, 5.41) is 4.79. The van der Waals surface area contributed by atoms with E-state index in [1.165, 1.54) is 17.5 Å². The Kier molecular flexibility index (Phi) is 3.66. The van der Waals surface area contributed by atoms with Gasteiger partial charge in [0, 0.05) is 11.3 Å². The number of aromatic nitrogens is 2. The van der Waals surface area contributed by atoms with Gasteiger partial charge in [0.1, 0.15) is 5.82 Å². The lowest BCUT2D eigenvalue weighted by atomic mass is 10.1. The van der Waals surface area contributed by atoms with E-state index in [9.17, 15) is 14.0 Å². The summed E-state index contributed by atoms with van der Waals surface area (Å²) in [4.78, 5) is 23.6. The van der Waals surface area contributed by atoms with Crippen molar-refractivity contribution in [3.63, 3.8) is 0 Å². The summed E-state index contributed by atoms with van der Waals surface area (Å²) in [6, 6.07) is 4.91. The highest BCUT2D eigenvalue weighted by Gasteiger charge is 2.20. The Balaban J connectivity index is 2.51. The summed E-state index contributed by atoms with van der Waals surface area (Å²) in [5.74, 6) is -1.96. The average molecular weight is 280 g/mol. The molecule has 7 heteroatoms. The maximum Gasteiger partial charge on any atom is 0.446 e. The number of nitrogens with zero attached hydrogens (tertiary/aromatic N) is 2. The minimum atomic E-state index is -0.784. The molecule has 5 nitrogen and oxygen atoms in total. The van der Waals surface area contributed by atoms with E-state index >= 15 is 0 Å². The molecular formula is C12H9FN2O3S. The molecule has 0 radical (unpaired) electrons. The summed E-state index contributed by atoms with van der Waals surface area (Å²) in [6.07, 6.45) is 0. The zero-order valence-corrected chi connectivity index (χ0v) is 10.7. The van der Waals surface area contributed by atoms with Crippen LogP contribution in [0.2, 0.25) is 0 Å². The first-order valence-electron chi connectivity index (χ1n) is 5.25. The van der Waals surface area contributed by atoms with Gasteiger partial charge in [0.05, 0.1) is 0 Å². The predicted molar refractivity (Wildman–Crippen MR) is 69.5 cm³/mol. The molecule has 0 saturated carbocycles. The first-order chi connectivity index (χ1) is 9.04. The molecular weight excluding hydrogens is 271 g/mol. The molecule has 1 heterocycles. The Morgan fingerprint density at radius 3 is 2.63 bits per heavy atom. The first kappa shape index (κ1) is 13.3. The number of hydrogen-bond donors (Lipinski definition) is 1. The molecule has 0 aliphatic rings. The highest BCUT2D eigenvalue weighted by Crippen LogP contribution is 2.11. The molecule has 2 aromatic rings. The van der Waals surface area contributed by atoms with Crippen LogP contribution in [0.15, 0.2) is 39.0 Å². The van der Waals surface area contributed by atoms with Gasteiger partial charge in [-0.3, -0.25) is 9.32 Å². The lowest BCUT2D eigenvalue weighted by Gasteiger charge is -2.02. The lowest BCUT2D eigenvalue weighted by molar-refractivity contribution is 0.102. The largest absolute Gasteiger partial charge is 0.446 e. The van der Waals surface area contributed by atoms with Crippen molar-refractivity contribution in [2.24, 2.45) is 0 Å². The van der Waals surface area contributed by atoms with Gasteiger partial charge in [-0.25, -0.2) is 13.8 Å². The van der Waals surface area contributed by atoms with Crippen molar-refractivity contribution in [2.75, 3.05) is 0 Å². The third kappa shape index (κ3) is 2.50. The molecule has 0 fully saturated rings. The van der Waals surface area contributed by atoms with Crippen molar-refractivity contribution in [3.05, 3.63) is 57.4 Å². The van der Waals surface area contributed by atoms with E-state index in [1.807, 2.05) is 0 Å². The maximum atomic E-state index is 12.8. The quantitative estimate of drug-likeness (QED) is 0.689. The van der Waals surface area contributed by atoms with Gasteiger partial charge in [-0.15, -0.1) is 12.6 Å². The van der Waals surface area contributed by atoms with E-state index in [-0.39, 0.29) is 11.4 Å². The number of allylic oxidation sites excluding steroid dienone is 1. The minimum Gasteiger partial charge on any atom is -0.295 e. The van der Waals surface area contributed by atoms with Gasteiger partial charge < -0.3 is 0 Å². The molecule has 19 heavy (non-hydrogen) atoms. The van der Waals surface area contributed by atoms with E-state index < -0.39 is 17.4 Å². The summed E-state index contributed by atoms with van der Waals surface area (Å²) < 4.78 is 18.3. The van der Waals surface area contributed by atoms with Crippen LogP contribution in [0.4, 0.5) is 4.39 Å². The number of halogens is 1.